The number of nitriles is 1. The highest BCUT2D eigenvalue weighted by atomic mass is 31.2. The number of ether oxygens (including phenoxy) is 2. The van der Waals surface area contributed by atoms with Gasteiger partial charge in [0.2, 0.25) is 0 Å². The molecule has 0 amide bonds. The van der Waals surface area contributed by atoms with E-state index in [0.717, 1.165) is 10.8 Å². The topological polar surface area (TPSA) is 170 Å². The molecule has 5 atom stereocenters. The SMILES string of the molecule is Cc1cn([C@]2(O)O[C@@]3(CO)CO[C@@H]2[C@@]3(O)P(OCCC#N)N(C(C)C)C(C)C)c(=O)[nH]c1=O. The summed E-state index contributed by atoms with van der Waals surface area (Å²) in [7, 11) is -2.06. The van der Waals surface area contributed by atoms with Crippen molar-refractivity contribution in [3.8, 4) is 6.07 Å². The van der Waals surface area contributed by atoms with Crippen LogP contribution in [-0.2, 0) is 19.9 Å². The Kier molecular flexibility index (Phi) is 7.20. The van der Waals surface area contributed by atoms with Crippen LogP contribution in [0.25, 0.3) is 0 Å². The third kappa shape index (κ3) is 3.87. The number of H-pyrrole nitrogens is 1. The van der Waals surface area contributed by atoms with Crippen molar-refractivity contribution in [1.29, 1.82) is 5.26 Å². The molecule has 0 radical (unpaired) electrons. The van der Waals surface area contributed by atoms with Crippen LogP contribution < -0.4 is 11.2 Å². The first-order valence-corrected chi connectivity index (χ1v) is 11.9. The van der Waals surface area contributed by atoms with Crippen LogP contribution in [0.15, 0.2) is 15.8 Å². The number of hydrogen-bond acceptors (Lipinski definition) is 10. The summed E-state index contributed by atoms with van der Waals surface area (Å²) < 4.78 is 20.3. The van der Waals surface area contributed by atoms with Crippen LogP contribution in [0.1, 0.15) is 39.7 Å². The lowest BCUT2D eigenvalue weighted by molar-refractivity contribution is -0.351. The molecule has 2 fully saturated rings. The highest BCUT2D eigenvalue weighted by Crippen LogP contribution is 2.69. The second-order valence-electron chi connectivity index (χ2n) is 8.85. The molecule has 33 heavy (non-hydrogen) atoms. The highest BCUT2D eigenvalue weighted by molar-refractivity contribution is 7.51. The Morgan fingerprint density at radius 2 is 2.00 bits per heavy atom. The Morgan fingerprint density at radius 1 is 1.36 bits per heavy atom. The van der Waals surface area contributed by atoms with Crippen molar-refractivity contribution in [2.75, 3.05) is 19.8 Å². The quantitative estimate of drug-likeness (QED) is 0.267. The fraction of sp³-hybridized carbons (Fsp3) is 0.750. The Balaban J connectivity index is 2.20. The molecule has 13 heteroatoms. The molecule has 3 rings (SSSR count). The number of rotatable bonds is 9. The highest BCUT2D eigenvalue weighted by Gasteiger charge is 2.81. The van der Waals surface area contributed by atoms with Crippen LogP contribution >= 0.6 is 8.30 Å². The smallest absolute Gasteiger partial charge is 0.332 e. The molecule has 0 aromatic carbocycles. The number of aliphatic hydroxyl groups is 3. The summed E-state index contributed by atoms with van der Waals surface area (Å²) in [5.74, 6) is -2.54. The summed E-state index contributed by atoms with van der Waals surface area (Å²) in [4.78, 5) is 26.5. The van der Waals surface area contributed by atoms with E-state index in [-0.39, 0.29) is 37.3 Å². The lowest BCUT2D eigenvalue weighted by atomic mass is 9.99. The van der Waals surface area contributed by atoms with Crippen molar-refractivity contribution in [1.82, 2.24) is 14.2 Å². The van der Waals surface area contributed by atoms with E-state index in [2.05, 4.69) is 4.98 Å². The van der Waals surface area contributed by atoms with Crippen molar-refractivity contribution in [3.05, 3.63) is 32.6 Å². The third-order valence-electron chi connectivity index (χ3n) is 5.91. The molecule has 12 nitrogen and oxygen atoms in total. The van der Waals surface area contributed by atoms with Crippen LogP contribution in [0.2, 0.25) is 0 Å². The molecule has 2 aliphatic heterocycles. The Morgan fingerprint density at radius 3 is 2.55 bits per heavy atom. The summed E-state index contributed by atoms with van der Waals surface area (Å²) >= 11 is 0. The fourth-order valence-electron chi connectivity index (χ4n) is 4.48. The minimum Gasteiger partial charge on any atom is -0.393 e. The number of aryl methyl sites for hydroxylation is 1. The molecular formula is C20H31N4O8P. The molecule has 2 aliphatic rings. The fourth-order valence-corrected chi connectivity index (χ4v) is 7.24. The summed E-state index contributed by atoms with van der Waals surface area (Å²) in [6, 6.07) is 1.72. The number of aromatic nitrogens is 2. The maximum atomic E-state index is 12.6. The molecule has 1 aromatic heterocycles. The van der Waals surface area contributed by atoms with E-state index in [4.69, 9.17) is 19.3 Å². The monoisotopic (exact) mass is 486 g/mol. The van der Waals surface area contributed by atoms with Gasteiger partial charge in [-0.15, -0.1) is 0 Å². The average Bonchev–Trinajstić information content (AvgIpc) is 3.13. The second kappa shape index (κ2) is 9.17. The first kappa shape index (κ1) is 25.9. The van der Waals surface area contributed by atoms with Gasteiger partial charge in [0.05, 0.1) is 32.3 Å². The van der Waals surface area contributed by atoms with Crippen LogP contribution in [0.4, 0.5) is 0 Å². The van der Waals surface area contributed by atoms with Gasteiger partial charge in [0.1, 0.15) is 8.30 Å². The lowest BCUT2D eigenvalue weighted by Gasteiger charge is -2.46. The van der Waals surface area contributed by atoms with Crippen LogP contribution in [0.3, 0.4) is 0 Å². The number of hydrogen-bond donors (Lipinski definition) is 4. The molecule has 1 aromatic rings. The molecular weight excluding hydrogens is 455 g/mol. The van der Waals surface area contributed by atoms with Crippen molar-refractivity contribution < 1.29 is 29.3 Å². The summed E-state index contributed by atoms with van der Waals surface area (Å²) in [5.41, 5.74) is -3.33. The third-order valence-corrected chi connectivity index (χ3v) is 8.91. The molecule has 0 saturated carbocycles. The van der Waals surface area contributed by atoms with Crippen molar-refractivity contribution in [2.45, 2.75) is 76.1 Å². The van der Waals surface area contributed by atoms with Gasteiger partial charge in [-0.2, -0.15) is 5.26 Å². The van der Waals surface area contributed by atoms with E-state index in [9.17, 15) is 24.9 Å². The van der Waals surface area contributed by atoms with Crippen molar-refractivity contribution >= 4 is 8.30 Å². The van der Waals surface area contributed by atoms with Gasteiger partial charge in [0.25, 0.3) is 11.5 Å². The van der Waals surface area contributed by atoms with Gasteiger partial charge in [0.15, 0.2) is 17.0 Å². The van der Waals surface area contributed by atoms with E-state index in [1.54, 1.807) is 0 Å². The van der Waals surface area contributed by atoms with Crippen molar-refractivity contribution in [3.63, 3.8) is 0 Å². The predicted molar refractivity (Wildman–Crippen MR) is 117 cm³/mol. The zero-order valence-electron chi connectivity index (χ0n) is 19.3. The van der Waals surface area contributed by atoms with E-state index in [1.807, 2.05) is 38.4 Å². The minimum atomic E-state index is -2.54. The van der Waals surface area contributed by atoms with Crippen molar-refractivity contribution in [2.24, 2.45) is 0 Å². The summed E-state index contributed by atoms with van der Waals surface area (Å²) in [6.45, 7) is 8.02. The van der Waals surface area contributed by atoms with E-state index >= 15 is 0 Å². The molecule has 2 bridgehead atoms. The number of aromatic amines is 1. The van der Waals surface area contributed by atoms with Gasteiger partial charge >= 0.3 is 5.69 Å². The van der Waals surface area contributed by atoms with E-state index < -0.39 is 49.1 Å². The number of nitrogens with one attached hydrogen (secondary N) is 1. The van der Waals surface area contributed by atoms with E-state index in [1.165, 1.54) is 6.92 Å². The largest absolute Gasteiger partial charge is 0.393 e. The first-order chi connectivity index (χ1) is 15.4. The number of fused-ring (bicyclic) bond motifs is 2. The van der Waals surface area contributed by atoms with Gasteiger partial charge in [-0.1, -0.05) is 0 Å². The second-order valence-corrected chi connectivity index (χ2v) is 10.8. The standard InChI is InChI=1S/C20H31N4O8P/c1-12(2)24(13(3)4)33(31-8-6-7-21)19(28)16-20(29,32-18(19,10-25)11-30-16)23-9-14(5)15(26)22-17(23)27/h9,12-13,16,25,28-29H,6,8,10-11H2,1-5H3,(H,22,26,27)/t16-,18+,19-,20-,33?/m1/s1. The van der Waals surface area contributed by atoms with E-state index in [0.29, 0.717) is 0 Å². The van der Waals surface area contributed by atoms with Gasteiger partial charge in [-0.05, 0) is 34.6 Å². The molecule has 4 N–H and O–H groups in total. The lowest BCUT2D eigenvalue weighted by Crippen LogP contribution is -2.57. The Hall–Kier alpha value is -1.68. The zero-order valence-corrected chi connectivity index (χ0v) is 20.2. The normalized spacial score (nSPS) is 32.1. The minimum absolute atomic E-state index is 0.00910. The van der Waals surface area contributed by atoms with Gasteiger partial charge < -0.3 is 29.3 Å². The van der Waals surface area contributed by atoms with Gasteiger partial charge in [-0.3, -0.25) is 14.4 Å². The summed E-state index contributed by atoms with van der Waals surface area (Å²) in [6.07, 6.45) is -0.383. The molecule has 3 heterocycles. The predicted octanol–water partition coefficient (Wildman–Crippen LogP) is -0.343. The molecule has 2 saturated heterocycles. The van der Waals surface area contributed by atoms with Crippen LogP contribution in [0, 0.1) is 18.3 Å². The average molecular weight is 486 g/mol. The van der Waals surface area contributed by atoms with Gasteiger partial charge in [-0.25, -0.2) is 9.36 Å². The van der Waals surface area contributed by atoms with Crippen LogP contribution in [0.5, 0.6) is 0 Å². The van der Waals surface area contributed by atoms with Gasteiger partial charge in [0, 0.05) is 23.8 Å². The molecule has 184 valence electrons. The Bertz CT molecular complexity index is 1030. The molecule has 1 unspecified atom stereocenters. The molecule has 0 aliphatic carbocycles. The number of nitrogens with zero attached hydrogens (tertiary/aromatic N) is 3. The Labute approximate surface area is 192 Å². The zero-order chi connectivity index (χ0) is 24.8. The summed E-state index contributed by atoms with van der Waals surface area (Å²) in [5, 5.41) is 41.0. The van der Waals surface area contributed by atoms with Crippen LogP contribution in [-0.4, -0.2) is 78.5 Å². The maximum Gasteiger partial charge on any atom is 0.332 e. The maximum absolute atomic E-state index is 12.6. The number of aliphatic hydroxyl groups excluding tert-OH is 1. The first-order valence-electron chi connectivity index (χ1n) is 10.7. The molecule has 0 spiro atoms.